The minimum absolute atomic E-state index is 0.202. The van der Waals surface area contributed by atoms with E-state index in [1.165, 1.54) is 36.3 Å². The van der Waals surface area contributed by atoms with Gasteiger partial charge in [-0.3, -0.25) is 4.79 Å². The van der Waals surface area contributed by atoms with E-state index in [-0.39, 0.29) is 5.78 Å². The number of benzene rings is 2. The molecule has 4 heteroatoms. The molecule has 27 heavy (non-hydrogen) atoms. The minimum Gasteiger partial charge on any atom is -0.372 e. The van der Waals surface area contributed by atoms with Crippen molar-refractivity contribution in [3.8, 4) is 0 Å². The lowest BCUT2D eigenvalue weighted by molar-refractivity contribution is 0.102. The number of ketones is 1. The van der Waals surface area contributed by atoms with Crippen LogP contribution in [0.25, 0.3) is 0 Å². The predicted molar refractivity (Wildman–Crippen MR) is 125 cm³/mol. The number of unbranched alkanes of at least 4 members (excludes halogenated alkanes) is 2. The zero-order valence-electron chi connectivity index (χ0n) is 16.8. The van der Waals surface area contributed by atoms with E-state index < -0.39 is 8.46 Å². The Morgan fingerprint density at radius 2 is 1.48 bits per heavy atom. The van der Waals surface area contributed by atoms with Crippen LogP contribution in [0, 0.1) is 0 Å². The van der Waals surface area contributed by atoms with Gasteiger partial charge in [0.15, 0.2) is 5.78 Å². The summed E-state index contributed by atoms with van der Waals surface area (Å²) in [4.78, 5) is 16.5. The average Bonchev–Trinajstić information content (AvgIpc) is 2.68. The van der Waals surface area contributed by atoms with Crippen LogP contribution in [0.4, 0.5) is 5.69 Å². The molecule has 0 heterocycles. The van der Waals surface area contributed by atoms with Crippen molar-refractivity contribution in [1.29, 1.82) is 0 Å². The van der Waals surface area contributed by atoms with Gasteiger partial charge >= 0.3 is 0 Å². The quantitative estimate of drug-likeness (QED) is 0.341. The Morgan fingerprint density at radius 3 is 2.00 bits per heavy atom. The molecule has 0 aliphatic carbocycles. The number of hydrogen-bond donors (Lipinski definition) is 0. The fourth-order valence-electron chi connectivity index (χ4n) is 3.04. The first kappa shape index (κ1) is 22.0. The molecular formula is C23H32BrNOS. The number of nitrogens with zero attached hydrogens (tertiary/aromatic N) is 1. The molecule has 0 radical (unpaired) electrons. The molecule has 1 atom stereocenters. The molecule has 2 aromatic rings. The molecule has 0 N–H and O–H groups in total. The number of carbonyl (C=O) groups is 1. The Bertz CT molecular complexity index is 692. The monoisotopic (exact) mass is 449 g/mol. The molecular weight excluding hydrogens is 418 g/mol. The Hall–Kier alpha value is -1.26. The van der Waals surface area contributed by atoms with Crippen LogP contribution in [-0.2, 0) is 0 Å². The van der Waals surface area contributed by atoms with Gasteiger partial charge in [0.1, 0.15) is 0 Å². The van der Waals surface area contributed by atoms with Crippen LogP contribution in [0.2, 0.25) is 0 Å². The van der Waals surface area contributed by atoms with E-state index in [9.17, 15) is 4.79 Å². The number of rotatable bonds is 11. The Labute approximate surface area is 173 Å². The van der Waals surface area contributed by atoms with Gasteiger partial charge in [0.2, 0.25) is 0 Å². The van der Waals surface area contributed by atoms with Crippen molar-refractivity contribution in [1.82, 2.24) is 0 Å². The summed E-state index contributed by atoms with van der Waals surface area (Å²) in [5.41, 5.74) is 2.03. The Kier molecular flexibility index (Phi) is 8.91. The van der Waals surface area contributed by atoms with Crippen molar-refractivity contribution in [3.63, 3.8) is 0 Å². The summed E-state index contributed by atoms with van der Waals surface area (Å²) in [5, 5.41) is 0. The van der Waals surface area contributed by atoms with Gasteiger partial charge < -0.3 is 4.90 Å². The van der Waals surface area contributed by atoms with Gasteiger partial charge in [-0.1, -0.05) is 44.9 Å². The van der Waals surface area contributed by atoms with Crippen molar-refractivity contribution in [2.75, 3.05) is 30.0 Å². The number of anilines is 1. The molecule has 2 rings (SSSR count). The van der Waals surface area contributed by atoms with Crippen molar-refractivity contribution >= 4 is 34.7 Å². The summed E-state index contributed by atoms with van der Waals surface area (Å²) in [6, 6.07) is 18.5. The smallest absolute Gasteiger partial charge is 0.172 e. The van der Waals surface area contributed by atoms with Gasteiger partial charge in [-0.2, -0.15) is 8.46 Å². The predicted octanol–water partition coefficient (Wildman–Crippen LogP) is 7.08. The Morgan fingerprint density at radius 1 is 0.926 bits per heavy atom. The molecule has 0 aromatic heterocycles. The van der Waals surface area contributed by atoms with Gasteiger partial charge in [-0.15, -0.1) is 0 Å². The third-order valence-corrected chi connectivity index (χ3v) is 8.62. The van der Waals surface area contributed by atoms with Crippen LogP contribution in [0.3, 0.4) is 0 Å². The van der Waals surface area contributed by atoms with Crippen LogP contribution in [0.1, 0.15) is 49.9 Å². The topological polar surface area (TPSA) is 20.3 Å². The lowest BCUT2D eigenvalue weighted by atomic mass is 10.1. The maximum atomic E-state index is 12.8. The molecule has 0 saturated carbocycles. The molecule has 0 aliphatic rings. The average molecular weight is 450 g/mol. The molecule has 2 aromatic carbocycles. The first-order valence-corrected chi connectivity index (χ1v) is 13.9. The van der Waals surface area contributed by atoms with Crippen LogP contribution in [0.5, 0.6) is 0 Å². The van der Waals surface area contributed by atoms with Gasteiger partial charge in [-0.25, -0.2) is 0 Å². The molecule has 148 valence electrons. The van der Waals surface area contributed by atoms with Gasteiger partial charge in [0, 0.05) is 24.3 Å². The van der Waals surface area contributed by atoms with Crippen molar-refractivity contribution < 1.29 is 4.79 Å². The second-order valence-corrected chi connectivity index (χ2v) is 14.1. The van der Waals surface area contributed by atoms with Crippen LogP contribution < -0.4 is 4.90 Å². The SMILES string of the molecule is CCCCN(CCCC)c1ccc(C(=O)CS(C)(Br)c2ccccc2)cc1. The molecule has 0 aliphatic heterocycles. The zero-order valence-corrected chi connectivity index (χ0v) is 19.2. The van der Waals surface area contributed by atoms with E-state index in [1.807, 2.05) is 30.3 Å². The summed E-state index contributed by atoms with van der Waals surface area (Å²) in [7, 11) is -1.31. The number of carbonyl (C=O) groups excluding carboxylic acids is 1. The lowest BCUT2D eigenvalue weighted by Gasteiger charge is -2.28. The van der Waals surface area contributed by atoms with Crippen LogP contribution in [0.15, 0.2) is 59.5 Å². The summed E-state index contributed by atoms with van der Waals surface area (Å²) in [6.45, 7) is 6.63. The minimum atomic E-state index is -1.31. The molecule has 0 spiro atoms. The standard InChI is InChI=1S/C23H32BrNOS/c1-4-6-17-25(18-7-5-2)21-15-13-20(14-16-21)23(26)19-27(3,24)22-11-9-8-10-12-22/h8-16H,4-7,17-19H2,1-3H3. The highest BCUT2D eigenvalue weighted by atomic mass is 79.9. The third-order valence-electron chi connectivity index (χ3n) is 4.75. The van der Waals surface area contributed by atoms with Gasteiger partial charge in [0.25, 0.3) is 0 Å². The number of hydrogen-bond acceptors (Lipinski definition) is 2. The highest BCUT2D eigenvalue weighted by Crippen LogP contribution is 2.59. The fourth-order valence-corrected chi connectivity index (χ4v) is 5.86. The van der Waals surface area contributed by atoms with Gasteiger partial charge in [-0.05, 0) is 75.2 Å². The lowest BCUT2D eigenvalue weighted by Crippen LogP contribution is -2.25. The summed E-state index contributed by atoms with van der Waals surface area (Å²) < 4.78 is 0. The Balaban J connectivity index is 2.07. The number of Topliss-reactive ketones (excluding diaryl/α,β-unsaturated/α-hetero) is 1. The highest BCUT2D eigenvalue weighted by Gasteiger charge is 2.22. The molecule has 0 saturated heterocycles. The first-order chi connectivity index (χ1) is 13.0. The van der Waals surface area contributed by atoms with E-state index >= 15 is 0 Å². The second kappa shape index (κ2) is 10.9. The van der Waals surface area contributed by atoms with E-state index in [0.29, 0.717) is 5.75 Å². The van der Waals surface area contributed by atoms with Crippen molar-refractivity contribution in [2.45, 2.75) is 44.4 Å². The highest BCUT2D eigenvalue weighted by molar-refractivity contribution is 9.58. The zero-order chi connectivity index (χ0) is 19.7. The molecule has 1 unspecified atom stereocenters. The van der Waals surface area contributed by atoms with E-state index in [2.05, 4.69) is 64.1 Å². The molecule has 0 bridgehead atoms. The van der Waals surface area contributed by atoms with Crippen LogP contribution in [-0.4, -0.2) is 30.9 Å². The van der Waals surface area contributed by atoms with Crippen molar-refractivity contribution in [2.24, 2.45) is 0 Å². The fraction of sp³-hybridized carbons (Fsp3) is 0.435. The van der Waals surface area contributed by atoms with Crippen LogP contribution >= 0.6 is 23.3 Å². The van der Waals surface area contributed by atoms with Gasteiger partial charge in [0.05, 0.1) is 5.75 Å². The maximum Gasteiger partial charge on any atom is 0.172 e. The third kappa shape index (κ3) is 6.69. The first-order valence-electron chi connectivity index (χ1n) is 9.87. The summed E-state index contributed by atoms with van der Waals surface area (Å²) in [5.74, 6) is 0.722. The molecule has 0 fully saturated rings. The largest absolute Gasteiger partial charge is 0.372 e. The van der Waals surface area contributed by atoms with Crippen molar-refractivity contribution in [3.05, 3.63) is 60.2 Å². The van der Waals surface area contributed by atoms with E-state index in [4.69, 9.17) is 0 Å². The van der Waals surface area contributed by atoms with E-state index in [0.717, 1.165) is 18.7 Å². The molecule has 0 amide bonds. The van der Waals surface area contributed by atoms with E-state index in [1.54, 1.807) is 0 Å². The summed E-state index contributed by atoms with van der Waals surface area (Å²) in [6.07, 6.45) is 6.95. The summed E-state index contributed by atoms with van der Waals surface area (Å²) >= 11 is 3.84. The maximum absolute atomic E-state index is 12.8. The number of halogens is 1. The second-order valence-electron chi connectivity index (χ2n) is 7.10. The normalized spacial score (nSPS) is 14.4. The molecule has 2 nitrogen and oxygen atoms in total.